The molecule has 2 aromatic rings. The van der Waals surface area contributed by atoms with Crippen molar-refractivity contribution >= 4 is 17.4 Å². The highest BCUT2D eigenvalue weighted by atomic mass is 35.5. The highest BCUT2D eigenvalue weighted by Gasteiger charge is 2.25. The Labute approximate surface area is 142 Å². The van der Waals surface area contributed by atoms with E-state index in [-0.39, 0.29) is 11.7 Å². The van der Waals surface area contributed by atoms with E-state index < -0.39 is 0 Å². The van der Waals surface area contributed by atoms with Gasteiger partial charge in [-0.2, -0.15) is 5.26 Å². The van der Waals surface area contributed by atoms with Crippen LogP contribution < -0.4 is 0 Å². The molecule has 1 aromatic heterocycles. The third kappa shape index (κ3) is 3.04. The number of benzene rings is 1. The molecule has 0 aliphatic rings. The van der Waals surface area contributed by atoms with Crippen LogP contribution in [0.25, 0.3) is 0 Å². The minimum absolute atomic E-state index is 0.0803. The van der Waals surface area contributed by atoms with Crippen molar-refractivity contribution in [1.29, 1.82) is 5.26 Å². The van der Waals surface area contributed by atoms with Crippen molar-refractivity contribution in [2.45, 2.75) is 47.1 Å². The summed E-state index contributed by atoms with van der Waals surface area (Å²) in [4.78, 5) is 13.1. The van der Waals surface area contributed by atoms with Crippen LogP contribution in [0, 0.1) is 32.1 Å². The monoisotopic (exact) mass is 328 g/mol. The zero-order chi connectivity index (χ0) is 17.3. The molecule has 0 aliphatic heterocycles. The number of ketones is 1. The Bertz CT molecular complexity index is 789. The third-order valence-electron chi connectivity index (χ3n) is 4.16. The molecule has 0 N–H and O–H groups in total. The second kappa shape index (κ2) is 6.60. The molecule has 0 bridgehead atoms. The van der Waals surface area contributed by atoms with Crippen LogP contribution in [-0.2, 0) is 6.54 Å². The number of hydrogen-bond donors (Lipinski definition) is 0. The average Bonchev–Trinajstić information content (AvgIpc) is 2.81. The Hall–Kier alpha value is -2.05. The average molecular weight is 329 g/mol. The molecule has 2 rings (SSSR count). The summed E-state index contributed by atoms with van der Waals surface area (Å²) in [7, 11) is 0. The molecule has 3 nitrogen and oxygen atoms in total. The largest absolute Gasteiger partial charge is 0.340 e. The lowest BCUT2D eigenvalue weighted by molar-refractivity contribution is 0.102. The van der Waals surface area contributed by atoms with E-state index in [1.807, 2.05) is 51.3 Å². The SMILES string of the molecule is CCn1c(C(C)C#N)cc(Cl)c1C(=O)c1c(C)cc(C)cc1C. The Morgan fingerprint density at radius 3 is 2.30 bits per heavy atom. The highest BCUT2D eigenvalue weighted by Crippen LogP contribution is 2.30. The van der Waals surface area contributed by atoms with Gasteiger partial charge < -0.3 is 4.57 Å². The summed E-state index contributed by atoms with van der Waals surface area (Å²) in [5.41, 5.74) is 4.98. The molecule has 4 heteroatoms. The van der Waals surface area contributed by atoms with Crippen molar-refractivity contribution < 1.29 is 4.79 Å². The number of nitrogens with zero attached hydrogens (tertiary/aromatic N) is 2. The molecular formula is C19H21ClN2O. The van der Waals surface area contributed by atoms with Gasteiger partial charge in [0.2, 0.25) is 5.78 Å². The fraction of sp³-hybridized carbons (Fsp3) is 0.368. The van der Waals surface area contributed by atoms with E-state index in [1.165, 1.54) is 0 Å². The minimum Gasteiger partial charge on any atom is -0.340 e. The summed E-state index contributed by atoms with van der Waals surface area (Å²) >= 11 is 6.36. The summed E-state index contributed by atoms with van der Waals surface area (Å²) in [6.07, 6.45) is 0. The normalized spacial score (nSPS) is 12.0. The van der Waals surface area contributed by atoms with Gasteiger partial charge in [0.25, 0.3) is 0 Å². The van der Waals surface area contributed by atoms with Crippen molar-refractivity contribution in [2.24, 2.45) is 0 Å². The van der Waals surface area contributed by atoms with E-state index in [0.717, 1.165) is 22.4 Å². The van der Waals surface area contributed by atoms with Crippen LogP contribution in [-0.4, -0.2) is 10.4 Å². The number of nitriles is 1. The van der Waals surface area contributed by atoms with Crippen molar-refractivity contribution in [1.82, 2.24) is 4.57 Å². The fourth-order valence-corrected chi connectivity index (χ4v) is 3.49. The second-order valence-electron chi connectivity index (χ2n) is 5.96. The number of hydrogen-bond acceptors (Lipinski definition) is 2. The summed E-state index contributed by atoms with van der Waals surface area (Å²) < 4.78 is 1.86. The standard InChI is InChI=1S/C19H21ClN2O/c1-6-22-16(14(5)10-21)9-15(20)18(22)19(23)17-12(3)7-11(2)8-13(17)4/h7-9,14H,6H2,1-5H3. The van der Waals surface area contributed by atoms with Gasteiger partial charge in [0.1, 0.15) is 5.69 Å². The molecule has 1 heterocycles. The minimum atomic E-state index is -0.311. The number of aromatic nitrogens is 1. The van der Waals surface area contributed by atoms with E-state index >= 15 is 0 Å². The Balaban J connectivity index is 2.66. The molecule has 0 saturated heterocycles. The van der Waals surface area contributed by atoms with Gasteiger partial charge in [0.15, 0.2) is 0 Å². The highest BCUT2D eigenvalue weighted by molar-refractivity contribution is 6.35. The molecule has 0 fully saturated rings. The van der Waals surface area contributed by atoms with Crippen LogP contribution in [0.15, 0.2) is 18.2 Å². The van der Waals surface area contributed by atoms with Gasteiger partial charge in [-0.1, -0.05) is 29.3 Å². The molecule has 1 unspecified atom stereocenters. The molecule has 1 aromatic carbocycles. The molecular weight excluding hydrogens is 308 g/mol. The quantitative estimate of drug-likeness (QED) is 0.746. The lowest BCUT2D eigenvalue weighted by atomic mass is 9.95. The zero-order valence-electron chi connectivity index (χ0n) is 14.2. The lowest BCUT2D eigenvalue weighted by Gasteiger charge is -2.15. The van der Waals surface area contributed by atoms with Gasteiger partial charge in [0, 0.05) is 17.8 Å². The van der Waals surface area contributed by atoms with Crippen LogP contribution in [0.4, 0.5) is 0 Å². The van der Waals surface area contributed by atoms with Gasteiger partial charge in [-0.25, -0.2) is 0 Å². The molecule has 0 spiro atoms. The van der Waals surface area contributed by atoms with Crippen molar-refractivity contribution in [3.05, 3.63) is 56.9 Å². The van der Waals surface area contributed by atoms with Crippen LogP contribution >= 0.6 is 11.6 Å². The van der Waals surface area contributed by atoms with Gasteiger partial charge >= 0.3 is 0 Å². The van der Waals surface area contributed by atoms with Crippen molar-refractivity contribution in [3.8, 4) is 6.07 Å². The van der Waals surface area contributed by atoms with Crippen molar-refractivity contribution in [3.63, 3.8) is 0 Å². The summed E-state index contributed by atoms with van der Waals surface area (Å²) in [5.74, 6) is -0.391. The Kier molecular flexibility index (Phi) is 4.97. The Morgan fingerprint density at radius 2 is 1.83 bits per heavy atom. The van der Waals surface area contributed by atoms with Crippen LogP contribution in [0.1, 0.15) is 58.2 Å². The number of aryl methyl sites for hydroxylation is 3. The Morgan fingerprint density at radius 1 is 1.26 bits per heavy atom. The number of rotatable bonds is 4. The third-order valence-corrected chi connectivity index (χ3v) is 4.44. The lowest BCUT2D eigenvalue weighted by Crippen LogP contribution is -2.15. The number of halogens is 1. The predicted octanol–water partition coefficient (Wildman–Crippen LogP) is 4.94. The summed E-state index contributed by atoms with van der Waals surface area (Å²) in [5, 5.41) is 9.60. The van der Waals surface area contributed by atoms with Crippen LogP contribution in [0.5, 0.6) is 0 Å². The van der Waals surface area contributed by atoms with E-state index in [1.54, 1.807) is 6.07 Å². The topological polar surface area (TPSA) is 45.8 Å². The van der Waals surface area contributed by atoms with E-state index in [2.05, 4.69) is 6.07 Å². The molecule has 120 valence electrons. The van der Waals surface area contributed by atoms with Gasteiger partial charge in [0.05, 0.1) is 17.0 Å². The molecule has 1 atom stereocenters. The van der Waals surface area contributed by atoms with Crippen molar-refractivity contribution in [2.75, 3.05) is 0 Å². The van der Waals surface area contributed by atoms with Crippen LogP contribution in [0.3, 0.4) is 0 Å². The molecule has 0 amide bonds. The summed E-state index contributed by atoms with van der Waals surface area (Å²) in [6.45, 7) is 10.3. The maximum Gasteiger partial charge on any atom is 0.211 e. The first-order valence-corrected chi connectivity index (χ1v) is 8.10. The van der Waals surface area contributed by atoms with Crippen LogP contribution in [0.2, 0.25) is 5.02 Å². The smallest absolute Gasteiger partial charge is 0.211 e. The molecule has 0 aliphatic carbocycles. The zero-order valence-corrected chi connectivity index (χ0v) is 15.0. The predicted molar refractivity (Wildman–Crippen MR) is 93.2 cm³/mol. The second-order valence-corrected chi connectivity index (χ2v) is 6.37. The number of carbonyl (C=O) groups is 1. The molecule has 0 radical (unpaired) electrons. The van der Waals surface area contributed by atoms with E-state index in [0.29, 0.717) is 22.8 Å². The molecule has 23 heavy (non-hydrogen) atoms. The first-order chi connectivity index (χ1) is 10.8. The summed E-state index contributed by atoms with van der Waals surface area (Å²) in [6, 6.07) is 7.97. The number of carbonyl (C=O) groups excluding carboxylic acids is 1. The van der Waals surface area contributed by atoms with Gasteiger partial charge in [-0.3, -0.25) is 4.79 Å². The fourth-order valence-electron chi connectivity index (χ4n) is 3.19. The van der Waals surface area contributed by atoms with Gasteiger partial charge in [-0.05, 0) is 51.8 Å². The maximum atomic E-state index is 13.1. The van der Waals surface area contributed by atoms with Gasteiger partial charge in [-0.15, -0.1) is 0 Å². The molecule has 0 saturated carbocycles. The first-order valence-electron chi connectivity index (χ1n) is 7.72. The van der Waals surface area contributed by atoms with E-state index in [4.69, 9.17) is 11.6 Å². The van der Waals surface area contributed by atoms with E-state index in [9.17, 15) is 10.1 Å². The first kappa shape index (κ1) is 17.3. The maximum absolute atomic E-state index is 13.1.